The molecule has 2 aliphatic rings. The highest BCUT2D eigenvalue weighted by atomic mass is 32.2. The predicted octanol–water partition coefficient (Wildman–Crippen LogP) is 1.21. The number of rotatable bonds is 7. The molecule has 0 aliphatic carbocycles. The first-order chi connectivity index (χ1) is 13.8. The molecule has 2 fully saturated rings. The number of sulfonamides is 1. The second-order valence-electron chi connectivity index (χ2n) is 8.12. The minimum atomic E-state index is -3.76. The van der Waals surface area contributed by atoms with E-state index in [4.69, 9.17) is 0 Å². The van der Waals surface area contributed by atoms with E-state index in [0.29, 0.717) is 24.5 Å². The molecule has 0 unspecified atom stereocenters. The number of aryl methyl sites for hydroxylation is 2. The van der Waals surface area contributed by atoms with Gasteiger partial charge in [-0.3, -0.25) is 9.69 Å². The summed E-state index contributed by atoms with van der Waals surface area (Å²) in [5.74, 6) is -0.110. The first kappa shape index (κ1) is 22.2. The fourth-order valence-corrected chi connectivity index (χ4v) is 6.03. The molecule has 1 amide bonds. The number of hydrogen-bond donors (Lipinski definition) is 1. The third-order valence-corrected chi connectivity index (χ3v) is 8.02. The summed E-state index contributed by atoms with van der Waals surface area (Å²) in [5, 5.41) is 3.23. The van der Waals surface area contributed by atoms with Gasteiger partial charge in [-0.1, -0.05) is 24.6 Å². The molecule has 1 aromatic carbocycles. The van der Waals surface area contributed by atoms with Crippen molar-refractivity contribution >= 4 is 15.9 Å². The highest BCUT2D eigenvalue weighted by molar-refractivity contribution is 7.89. The van der Waals surface area contributed by atoms with Gasteiger partial charge in [-0.05, 0) is 51.4 Å². The standard InChI is InChI=1S/C21H34N4O3S/c1-4-23-11-5-6-19(23)15-25(16-21(26)24-12-9-22-10-13-24)29(27,28)20-8-7-17(2)14-18(20)3/h7-8,14,19,22H,4-6,9-13,15-16H2,1-3H3/t19-/m1/s1. The third-order valence-electron chi connectivity index (χ3n) is 6.05. The second-order valence-corrected chi connectivity index (χ2v) is 10.0. The van der Waals surface area contributed by atoms with Crippen molar-refractivity contribution in [1.29, 1.82) is 0 Å². The maximum Gasteiger partial charge on any atom is 0.243 e. The average Bonchev–Trinajstić information content (AvgIpc) is 3.15. The molecule has 1 aromatic rings. The zero-order chi connectivity index (χ0) is 21.0. The Balaban J connectivity index is 1.87. The molecule has 1 N–H and O–H groups in total. The summed E-state index contributed by atoms with van der Waals surface area (Å²) < 4.78 is 28.6. The Kier molecular flexibility index (Phi) is 7.32. The lowest BCUT2D eigenvalue weighted by Crippen LogP contribution is -2.52. The van der Waals surface area contributed by atoms with Crippen LogP contribution in [0, 0.1) is 13.8 Å². The third kappa shape index (κ3) is 5.17. The average molecular weight is 423 g/mol. The number of piperazine rings is 1. The number of benzene rings is 1. The number of likely N-dealkylation sites (tertiary alicyclic amines) is 1. The van der Waals surface area contributed by atoms with Gasteiger partial charge >= 0.3 is 0 Å². The van der Waals surface area contributed by atoms with Crippen LogP contribution in [-0.2, 0) is 14.8 Å². The number of amides is 1. The van der Waals surface area contributed by atoms with Crippen LogP contribution < -0.4 is 5.32 Å². The molecule has 2 heterocycles. The van der Waals surface area contributed by atoms with Gasteiger partial charge in [0.2, 0.25) is 15.9 Å². The molecule has 0 bridgehead atoms. The number of carbonyl (C=O) groups is 1. The molecule has 0 aromatic heterocycles. The summed E-state index contributed by atoms with van der Waals surface area (Å²) in [6.07, 6.45) is 2.04. The monoisotopic (exact) mass is 422 g/mol. The maximum atomic E-state index is 13.6. The van der Waals surface area contributed by atoms with Crippen LogP contribution in [0.25, 0.3) is 0 Å². The molecule has 0 spiro atoms. The smallest absolute Gasteiger partial charge is 0.243 e. The molecule has 7 nitrogen and oxygen atoms in total. The predicted molar refractivity (Wildman–Crippen MR) is 114 cm³/mol. The zero-order valence-corrected chi connectivity index (χ0v) is 18.7. The lowest BCUT2D eigenvalue weighted by Gasteiger charge is -2.33. The molecule has 162 valence electrons. The fourth-order valence-electron chi connectivity index (χ4n) is 4.39. The van der Waals surface area contributed by atoms with Gasteiger partial charge in [0.1, 0.15) is 0 Å². The summed E-state index contributed by atoms with van der Waals surface area (Å²) in [7, 11) is -3.76. The first-order valence-corrected chi connectivity index (χ1v) is 12.1. The van der Waals surface area contributed by atoms with Crippen molar-refractivity contribution in [1.82, 2.24) is 19.4 Å². The minimum absolute atomic E-state index is 0.0935. The minimum Gasteiger partial charge on any atom is -0.339 e. The molecule has 2 saturated heterocycles. The lowest BCUT2D eigenvalue weighted by molar-refractivity contribution is -0.132. The highest BCUT2D eigenvalue weighted by Gasteiger charge is 2.34. The highest BCUT2D eigenvalue weighted by Crippen LogP contribution is 2.24. The molecular weight excluding hydrogens is 388 g/mol. The van der Waals surface area contributed by atoms with Crippen molar-refractivity contribution in [2.75, 3.05) is 52.4 Å². The van der Waals surface area contributed by atoms with Crippen LogP contribution in [0.3, 0.4) is 0 Å². The van der Waals surface area contributed by atoms with E-state index in [9.17, 15) is 13.2 Å². The molecule has 3 rings (SSSR count). The second kappa shape index (κ2) is 9.55. The number of likely N-dealkylation sites (N-methyl/N-ethyl adjacent to an activating group) is 1. The number of nitrogens with one attached hydrogen (secondary N) is 1. The van der Waals surface area contributed by atoms with Crippen molar-refractivity contribution in [3.8, 4) is 0 Å². The van der Waals surface area contributed by atoms with E-state index >= 15 is 0 Å². The Morgan fingerprint density at radius 1 is 1.21 bits per heavy atom. The fraction of sp³-hybridized carbons (Fsp3) is 0.667. The SMILES string of the molecule is CCN1CCC[C@@H]1CN(CC(=O)N1CCNCC1)S(=O)(=O)c1ccc(C)cc1C. The number of carbonyl (C=O) groups excluding carboxylic acids is 1. The molecule has 29 heavy (non-hydrogen) atoms. The van der Waals surface area contributed by atoms with Crippen LogP contribution in [0.5, 0.6) is 0 Å². The van der Waals surface area contributed by atoms with Gasteiger partial charge in [0.15, 0.2) is 0 Å². The van der Waals surface area contributed by atoms with E-state index in [1.165, 1.54) is 4.31 Å². The summed E-state index contributed by atoms with van der Waals surface area (Å²) in [4.78, 5) is 17.3. The molecule has 0 saturated carbocycles. The topological polar surface area (TPSA) is 73.0 Å². The van der Waals surface area contributed by atoms with Gasteiger partial charge in [-0.15, -0.1) is 0 Å². The van der Waals surface area contributed by atoms with Gasteiger partial charge in [0.05, 0.1) is 11.4 Å². The van der Waals surface area contributed by atoms with Crippen molar-refractivity contribution in [3.05, 3.63) is 29.3 Å². The van der Waals surface area contributed by atoms with Gasteiger partial charge in [0.25, 0.3) is 0 Å². The Hall–Kier alpha value is -1.48. The molecular formula is C21H34N4O3S. The van der Waals surface area contributed by atoms with Gasteiger partial charge in [-0.25, -0.2) is 8.42 Å². The van der Waals surface area contributed by atoms with Crippen LogP contribution in [0.15, 0.2) is 23.1 Å². The van der Waals surface area contributed by atoms with Crippen LogP contribution >= 0.6 is 0 Å². The van der Waals surface area contributed by atoms with Crippen LogP contribution in [0.2, 0.25) is 0 Å². The van der Waals surface area contributed by atoms with Crippen LogP contribution in [0.1, 0.15) is 30.9 Å². The van der Waals surface area contributed by atoms with E-state index in [0.717, 1.165) is 50.1 Å². The van der Waals surface area contributed by atoms with Gasteiger partial charge in [0, 0.05) is 38.8 Å². The quantitative estimate of drug-likeness (QED) is 0.715. The van der Waals surface area contributed by atoms with E-state index in [1.807, 2.05) is 26.0 Å². The van der Waals surface area contributed by atoms with Gasteiger partial charge in [-0.2, -0.15) is 4.31 Å². The normalized spacial score (nSPS) is 21.1. The number of nitrogens with zero attached hydrogens (tertiary/aromatic N) is 3. The van der Waals surface area contributed by atoms with E-state index in [1.54, 1.807) is 11.0 Å². The lowest BCUT2D eigenvalue weighted by atomic mass is 10.2. The summed E-state index contributed by atoms with van der Waals surface area (Å²) in [5.41, 5.74) is 1.75. The van der Waals surface area contributed by atoms with E-state index in [2.05, 4.69) is 17.1 Å². The Bertz CT molecular complexity index is 821. The van der Waals surface area contributed by atoms with Gasteiger partial charge < -0.3 is 10.2 Å². The summed E-state index contributed by atoms with van der Waals surface area (Å²) >= 11 is 0. The number of hydrogen-bond acceptors (Lipinski definition) is 5. The summed E-state index contributed by atoms with van der Waals surface area (Å²) in [6.45, 7) is 10.8. The molecule has 0 radical (unpaired) electrons. The zero-order valence-electron chi connectivity index (χ0n) is 17.9. The van der Waals surface area contributed by atoms with E-state index < -0.39 is 10.0 Å². The van der Waals surface area contributed by atoms with E-state index in [-0.39, 0.29) is 18.5 Å². The Morgan fingerprint density at radius 2 is 1.93 bits per heavy atom. The maximum absolute atomic E-state index is 13.6. The van der Waals surface area contributed by atoms with Crippen molar-refractivity contribution in [3.63, 3.8) is 0 Å². The van der Waals surface area contributed by atoms with Crippen molar-refractivity contribution < 1.29 is 13.2 Å². The Morgan fingerprint density at radius 3 is 2.59 bits per heavy atom. The van der Waals surface area contributed by atoms with Crippen molar-refractivity contribution in [2.45, 2.75) is 44.6 Å². The Labute approximate surface area is 175 Å². The van der Waals surface area contributed by atoms with Crippen LogP contribution in [0.4, 0.5) is 0 Å². The largest absolute Gasteiger partial charge is 0.339 e. The molecule has 1 atom stereocenters. The van der Waals surface area contributed by atoms with Crippen molar-refractivity contribution in [2.24, 2.45) is 0 Å². The molecule has 2 aliphatic heterocycles. The summed E-state index contributed by atoms with van der Waals surface area (Å²) in [6, 6.07) is 5.55. The molecule has 8 heteroatoms. The first-order valence-electron chi connectivity index (χ1n) is 10.6. The van der Waals surface area contributed by atoms with Crippen LogP contribution in [-0.4, -0.2) is 86.8 Å².